The highest BCUT2D eigenvalue weighted by molar-refractivity contribution is 9.10. The number of nitrogens with zero attached hydrogens (tertiary/aromatic N) is 2. The molecule has 0 aromatic heterocycles. The lowest BCUT2D eigenvalue weighted by Gasteiger charge is -2.07. The zero-order chi connectivity index (χ0) is 20.0. The van der Waals surface area contributed by atoms with Crippen LogP contribution in [0.3, 0.4) is 0 Å². The predicted octanol–water partition coefficient (Wildman–Crippen LogP) is 5.11. The second-order valence-corrected chi connectivity index (χ2v) is 8.02. The molecular formula is C19H14BrN3O4S. The summed E-state index contributed by atoms with van der Waals surface area (Å²) in [4.78, 5) is 17.0. The standard InChI is InChI=1S/C19H14BrN3O4S/c20-15-8-6-14(7-9-15)19(24)27-22-17-12-10-16(11-13-17)21-23-28(25,26)18-4-2-1-3-5-18/h1-13,22H. The lowest BCUT2D eigenvalue weighted by Crippen LogP contribution is -2.10. The summed E-state index contributed by atoms with van der Waals surface area (Å²) in [5, 5.41) is 3.74. The van der Waals surface area contributed by atoms with Crippen LogP contribution in [0.4, 0.5) is 11.4 Å². The van der Waals surface area contributed by atoms with Gasteiger partial charge in [-0.15, -0.1) is 5.11 Å². The van der Waals surface area contributed by atoms with Crippen molar-refractivity contribution < 1.29 is 18.0 Å². The lowest BCUT2D eigenvalue weighted by atomic mass is 10.2. The van der Waals surface area contributed by atoms with Crippen molar-refractivity contribution in [1.29, 1.82) is 0 Å². The Morgan fingerprint density at radius 3 is 2.18 bits per heavy atom. The van der Waals surface area contributed by atoms with Crippen LogP contribution in [0.5, 0.6) is 0 Å². The fraction of sp³-hybridized carbons (Fsp3) is 0. The van der Waals surface area contributed by atoms with Gasteiger partial charge in [0.15, 0.2) is 0 Å². The summed E-state index contributed by atoms with van der Waals surface area (Å²) in [6.07, 6.45) is 0. The fourth-order valence-corrected chi connectivity index (χ4v) is 3.15. The van der Waals surface area contributed by atoms with E-state index in [2.05, 4.69) is 31.0 Å². The summed E-state index contributed by atoms with van der Waals surface area (Å²) in [7, 11) is -3.85. The molecule has 7 nitrogen and oxygen atoms in total. The highest BCUT2D eigenvalue weighted by Gasteiger charge is 2.11. The van der Waals surface area contributed by atoms with Gasteiger partial charge in [-0.3, -0.25) is 0 Å². The minimum atomic E-state index is -3.85. The van der Waals surface area contributed by atoms with Crippen LogP contribution in [0.15, 0.2) is 97.9 Å². The minimum absolute atomic E-state index is 0.0666. The highest BCUT2D eigenvalue weighted by atomic mass is 79.9. The number of anilines is 1. The molecular weight excluding hydrogens is 446 g/mol. The van der Waals surface area contributed by atoms with Gasteiger partial charge in [0.25, 0.3) is 10.0 Å². The second kappa shape index (κ2) is 8.77. The Labute approximate surface area is 170 Å². The molecule has 9 heteroatoms. The van der Waals surface area contributed by atoms with Gasteiger partial charge in [-0.25, -0.2) is 10.3 Å². The lowest BCUT2D eigenvalue weighted by molar-refractivity contribution is 0.0596. The van der Waals surface area contributed by atoms with Gasteiger partial charge in [0.1, 0.15) is 0 Å². The minimum Gasteiger partial charge on any atom is -0.338 e. The van der Waals surface area contributed by atoms with E-state index in [1.165, 1.54) is 12.1 Å². The molecule has 0 saturated heterocycles. The molecule has 0 radical (unpaired) electrons. The van der Waals surface area contributed by atoms with Crippen LogP contribution in [0.25, 0.3) is 0 Å². The van der Waals surface area contributed by atoms with Gasteiger partial charge >= 0.3 is 5.97 Å². The fourth-order valence-electron chi connectivity index (χ4n) is 2.09. The molecule has 0 unspecified atom stereocenters. The van der Waals surface area contributed by atoms with Crippen LogP contribution >= 0.6 is 15.9 Å². The van der Waals surface area contributed by atoms with Crippen LogP contribution in [0, 0.1) is 0 Å². The monoisotopic (exact) mass is 459 g/mol. The molecule has 0 fully saturated rings. The van der Waals surface area contributed by atoms with Crippen molar-refractivity contribution in [1.82, 2.24) is 0 Å². The van der Waals surface area contributed by atoms with E-state index in [0.29, 0.717) is 16.9 Å². The number of hydrogen-bond donors (Lipinski definition) is 1. The normalized spacial score (nSPS) is 11.3. The summed E-state index contributed by atoms with van der Waals surface area (Å²) in [5.74, 6) is -0.537. The number of rotatable bonds is 6. The van der Waals surface area contributed by atoms with Gasteiger partial charge in [0, 0.05) is 4.47 Å². The first-order valence-electron chi connectivity index (χ1n) is 8.00. The van der Waals surface area contributed by atoms with E-state index < -0.39 is 16.0 Å². The molecule has 0 aliphatic rings. The quantitative estimate of drug-likeness (QED) is 0.408. The maximum Gasteiger partial charge on any atom is 0.362 e. The molecule has 0 saturated carbocycles. The Hall–Kier alpha value is -3.04. The molecule has 3 aromatic carbocycles. The second-order valence-electron chi connectivity index (χ2n) is 5.52. The zero-order valence-corrected chi connectivity index (χ0v) is 16.7. The van der Waals surface area contributed by atoms with Gasteiger partial charge in [0.05, 0.1) is 21.8 Å². The van der Waals surface area contributed by atoms with Crippen LogP contribution in [-0.4, -0.2) is 14.4 Å². The highest BCUT2D eigenvalue weighted by Crippen LogP contribution is 2.20. The van der Waals surface area contributed by atoms with E-state index in [1.807, 2.05) is 0 Å². The van der Waals surface area contributed by atoms with Crippen LogP contribution in [0.2, 0.25) is 0 Å². The van der Waals surface area contributed by atoms with Crippen molar-refractivity contribution in [3.05, 3.63) is 88.9 Å². The molecule has 3 rings (SSSR count). The van der Waals surface area contributed by atoms with E-state index in [9.17, 15) is 13.2 Å². The van der Waals surface area contributed by atoms with Gasteiger partial charge in [-0.1, -0.05) is 38.6 Å². The van der Waals surface area contributed by atoms with Crippen LogP contribution < -0.4 is 5.48 Å². The smallest absolute Gasteiger partial charge is 0.338 e. The number of benzene rings is 3. The van der Waals surface area contributed by atoms with Crippen molar-refractivity contribution in [3.8, 4) is 0 Å². The number of carbonyl (C=O) groups excluding carboxylic acids is 1. The summed E-state index contributed by atoms with van der Waals surface area (Å²) >= 11 is 3.29. The van der Waals surface area contributed by atoms with E-state index in [4.69, 9.17) is 4.84 Å². The maximum absolute atomic E-state index is 12.1. The number of halogens is 1. The molecule has 0 bridgehead atoms. The Kier molecular flexibility index (Phi) is 6.17. The summed E-state index contributed by atoms with van der Waals surface area (Å²) in [6.45, 7) is 0. The first kappa shape index (κ1) is 19.7. The van der Waals surface area contributed by atoms with Crippen molar-refractivity contribution in [3.63, 3.8) is 0 Å². The van der Waals surface area contributed by atoms with Gasteiger partial charge in [0.2, 0.25) is 0 Å². The molecule has 3 aromatic rings. The van der Waals surface area contributed by atoms with Gasteiger partial charge in [-0.2, -0.15) is 8.42 Å². The van der Waals surface area contributed by atoms with Crippen LogP contribution in [0.1, 0.15) is 10.4 Å². The molecule has 0 atom stereocenters. The molecule has 0 amide bonds. The number of hydrogen-bond acceptors (Lipinski definition) is 6. The van der Waals surface area contributed by atoms with Crippen molar-refractivity contribution in [2.75, 3.05) is 5.48 Å². The molecule has 1 N–H and O–H groups in total. The topological polar surface area (TPSA) is 97.2 Å². The van der Waals surface area contributed by atoms with Crippen molar-refractivity contribution in [2.24, 2.45) is 9.63 Å². The average molecular weight is 460 g/mol. The van der Waals surface area contributed by atoms with Crippen molar-refractivity contribution in [2.45, 2.75) is 4.90 Å². The van der Waals surface area contributed by atoms with E-state index in [1.54, 1.807) is 66.7 Å². The third-order valence-corrected chi connectivity index (χ3v) is 5.21. The predicted molar refractivity (Wildman–Crippen MR) is 108 cm³/mol. The van der Waals surface area contributed by atoms with Gasteiger partial charge in [-0.05, 0) is 60.7 Å². The molecule has 28 heavy (non-hydrogen) atoms. The van der Waals surface area contributed by atoms with Gasteiger partial charge < -0.3 is 4.84 Å². The average Bonchev–Trinajstić information content (AvgIpc) is 2.72. The van der Waals surface area contributed by atoms with E-state index >= 15 is 0 Å². The number of carbonyl (C=O) groups is 1. The summed E-state index contributed by atoms with van der Waals surface area (Å²) < 4.78 is 28.4. The largest absolute Gasteiger partial charge is 0.362 e. The first-order chi connectivity index (χ1) is 13.4. The number of nitrogens with one attached hydrogen (secondary N) is 1. The summed E-state index contributed by atoms with van der Waals surface area (Å²) in [5.41, 5.74) is 3.76. The molecule has 0 aliphatic heterocycles. The summed E-state index contributed by atoms with van der Waals surface area (Å²) in [6, 6.07) is 20.8. The Balaban J connectivity index is 1.60. The molecule has 0 spiro atoms. The third kappa shape index (κ3) is 5.24. The van der Waals surface area contributed by atoms with E-state index in [0.717, 1.165) is 4.47 Å². The maximum atomic E-state index is 12.1. The third-order valence-electron chi connectivity index (χ3n) is 3.51. The Morgan fingerprint density at radius 2 is 1.54 bits per heavy atom. The Morgan fingerprint density at radius 1 is 0.893 bits per heavy atom. The molecule has 0 heterocycles. The molecule has 0 aliphatic carbocycles. The first-order valence-corrected chi connectivity index (χ1v) is 10.2. The van der Waals surface area contributed by atoms with Crippen LogP contribution in [-0.2, 0) is 14.9 Å². The number of sulfonamides is 1. The van der Waals surface area contributed by atoms with Crippen molar-refractivity contribution >= 4 is 43.3 Å². The Bertz CT molecular complexity index is 1080. The zero-order valence-electron chi connectivity index (χ0n) is 14.3. The SMILES string of the molecule is O=C(ONc1ccc(N=NS(=O)(=O)c2ccccc2)cc1)c1ccc(Br)cc1. The van der Waals surface area contributed by atoms with E-state index in [-0.39, 0.29) is 4.90 Å². The molecule has 142 valence electrons.